The van der Waals surface area contributed by atoms with Crippen LogP contribution in [0, 0.1) is 17.2 Å². The highest BCUT2D eigenvalue weighted by Gasteiger charge is 2.37. The van der Waals surface area contributed by atoms with E-state index in [1.807, 2.05) is 56.5 Å². The van der Waals surface area contributed by atoms with Crippen LogP contribution in [-0.4, -0.2) is 67.5 Å². The van der Waals surface area contributed by atoms with Crippen molar-refractivity contribution in [3.05, 3.63) is 68.9 Å². The van der Waals surface area contributed by atoms with Crippen molar-refractivity contribution in [1.29, 1.82) is 5.26 Å². The van der Waals surface area contributed by atoms with Gasteiger partial charge in [0.1, 0.15) is 11.6 Å². The normalized spacial score (nSPS) is 17.9. The largest absolute Gasteiger partial charge is 0.390 e. The summed E-state index contributed by atoms with van der Waals surface area (Å²) in [5, 5.41) is 22.8. The van der Waals surface area contributed by atoms with E-state index >= 15 is 0 Å². The number of anilines is 1. The Morgan fingerprint density at radius 2 is 1.98 bits per heavy atom. The van der Waals surface area contributed by atoms with Crippen LogP contribution in [0.4, 0.5) is 14.7 Å². The minimum absolute atomic E-state index is 0.0575. The third kappa shape index (κ3) is 7.32. The maximum Gasteiger partial charge on any atom is 0.272 e. The molecule has 3 aromatic rings. The lowest BCUT2D eigenvalue weighted by molar-refractivity contribution is -0.127. The highest BCUT2D eigenvalue weighted by atomic mass is 32.1. The molecule has 238 valence electrons. The molecule has 0 unspecified atom stereocenters. The first-order valence-electron chi connectivity index (χ1n) is 15.0. The first kappa shape index (κ1) is 32.5. The van der Waals surface area contributed by atoms with Gasteiger partial charge in [-0.1, -0.05) is 17.7 Å². The number of hydrogen-bond donors (Lipinski definition) is 2. The third-order valence-electron chi connectivity index (χ3n) is 8.43. The van der Waals surface area contributed by atoms with Crippen LogP contribution >= 0.6 is 11.3 Å². The van der Waals surface area contributed by atoms with E-state index in [0.29, 0.717) is 31.6 Å². The number of carbonyl (C=O) groups is 2. The number of fused-ring (bicyclic) bond motifs is 1. The first-order valence-corrected chi connectivity index (χ1v) is 15.8. The van der Waals surface area contributed by atoms with Crippen molar-refractivity contribution in [2.24, 2.45) is 5.92 Å². The molecule has 2 saturated heterocycles. The number of imidazole rings is 1. The predicted octanol–water partition coefficient (Wildman–Crippen LogP) is 5.90. The predicted molar refractivity (Wildman–Crippen MR) is 170 cm³/mol. The number of likely N-dealkylation sites (tertiary alicyclic amines) is 2. The summed E-state index contributed by atoms with van der Waals surface area (Å²) in [6.07, 6.45) is 2.09. The second-order valence-corrected chi connectivity index (χ2v) is 13.7. The summed E-state index contributed by atoms with van der Waals surface area (Å²) in [7, 11) is 0. The van der Waals surface area contributed by atoms with Crippen LogP contribution in [-0.2, 0) is 17.9 Å². The van der Waals surface area contributed by atoms with Gasteiger partial charge in [-0.3, -0.25) is 19.8 Å². The average Bonchev–Trinajstić information content (AvgIpc) is 3.69. The number of nitrogens with zero attached hydrogens (tertiary/aromatic N) is 5. The molecule has 2 fully saturated rings. The topological polar surface area (TPSA) is 114 Å². The van der Waals surface area contributed by atoms with Crippen molar-refractivity contribution < 1.29 is 23.5 Å². The minimum atomic E-state index is -2.67. The van der Waals surface area contributed by atoms with E-state index in [2.05, 4.69) is 10.2 Å². The van der Waals surface area contributed by atoms with Crippen LogP contribution in [0.5, 0.6) is 0 Å². The van der Waals surface area contributed by atoms with Crippen molar-refractivity contribution in [2.75, 3.05) is 25.0 Å². The zero-order valence-corrected chi connectivity index (χ0v) is 26.7. The molecule has 9 nitrogen and oxygen atoms in total. The van der Waals surface area contributed by atoms with Crippen LogP contribution in [0.1, 0.15) is 67.1 Å². The Labute approximate surface area is 265 Å². The van der Waals surface area contributed by atoms with E-state index in [-0.39, 0.29) is 39.1 Å². The molecular formula is C33H38F2N6O3S. The zero-order chi connectivity index (χ0) is 32.5. The number of rotatable bonds is 10. The number of benzene rings is 1. The second kappa shape index (κ2) is 13.2. The third-order valence-corrected chi connectivity index (χ3v) is 9.52. The number of aromatic nitrogens is 2. The van der Waals surface area contributed by atoms with Crippen molar-refractivity contribution in [1.82, 2.24) is 19.4 Å². The number of aliphatic hydroxyl groups is 1. The molecular weight excluding hydrogens is 598 g/mol. The van der Waals surface area contributed by atoms with E-state index < -0.39 is 17.9 Å². The van der Waals surface area contributed by atoms with Crippen LogP contribution < -0.4 is 5.32 Å². The maximum atomic E-state index is 13.4. The monoisotopic (exact) mass is 636 g/mol. The Kier molecular flexibility index (Phi) is 9.53. The Morgan fingerprint density at radius 3 is 2.62 bits per heavy atom. The average molecular weight is 637 g/mol. The Balaban J connectivity index is 1.43. The molecule has 1 atom stereocenters. The van der Waals surface area contributed by atoms with Crippen molar-refractivity contribution >= 4 is 40.1 Å². The molecule has 2 amide bonds. The summed E-state index contributed by atoms with van der Waals surface area (Å²) in [6.45, 7) is 10.5. The molecule has 4 heterocycles. The number of allylic oxidation sites excluding steroid dienone is 3. The standard InChI is InChI=1S/C33H38F2N6O3S/c1-20(2)7-9-22(15-36)31(43)40-13-5-6-24(40)19-41-26-10-8-21(16-39-17-23(18-39)33(3,4)44)14-25(26)37-32(41)38-30(42)28-12-11-27(45-28)29(34)35/h7-12,14,23-24,29,44H,5-6,13,16-19H2,1-4H3,(H,37,38,42)/b22-9+/t24-/m1/s1. The van der Waals surface area contributed by atoms with E-state index in [4.69, 9.17) is 4.98 Å². The number of halogens is 2. The Morgan fingerprint density at radius 1 is 1.22 bits per heavy atom. The molecule has 0 radical (unpaired) electrons. The molecule has 2 aromatic heterocycles. The molecule has 0 aliphatic carbocycles. The minimum Gasteiger partial charge on any atom is -0.390 e. The van der Waals surface area contributed by atoms with Gasteiger partial charge in [0.25, 0.3) is 18.2 Å². The summed E-state index contributed by atoms with van der Waals surface area (Å²) in [5.41, 5.74) is 2.73. The van der Waals surface area contributed by atoms with Crippen LogP contribution in [0.2, 0.25) is 0 Å². The van der Waals surface area contributed by atoms with Gasteiger partial charge >= 0.3 is 0 Å². The van der Waals surface area contributed by atoms with Gasteiger partial charge in [0.05, 0.1) is 32.4 Å². The van der Waals surface area contributed by atoms with E-state index in [1.54, 1.807) is 17.1 Å². The summed E-state index contributed by atoms with van der Waals surface area (Å²) in [4.78, 5) is 35.2. The van der Waals surface area contributed by atoms with Gasteiger partial charge in [-0.05, 0) is 76.4 Å². The fourth-order valence-electron chi connectivity index (χ4n) is 5.78. The van der Waals surface area contributed by atoms with Gasteiger partial charge in [0.2, 0.25) is 5.95 Å². The molecule has 0 saturated carbocycles. The summed E-state index contributed by atoms with van der Waals surface area (Å²) < 4.78 is 28.3. The summed E-state index contributed by atoms with van der Waals surface area (Å²) >= 11 is 0.734. The van der Waals surface area contributed by atoms with Gasteiger partial charge in [-0.2, -0.15) is 5.26 Å². The van der Waals surface area contributed by atoms with Crippen LogP contribution in [0.25, 0.3) is 11.0 Å². The molecule has 1 aromatic carbocycles. The number of alkyl halides is 2. The Bertz CT molecular complexity index is 1690. The molecule has 2 aliphatic heterocycles. The fraction of sp³-hybridized carbons (Fsp3) is 0.455. The highest BCUT2D eigenvalue weighted by molar-refractivity contribution is 7.14. The number of nitriles is 1. The van der Waals surface area contributed by atoms with Gasteiger partial charge in [-0.15, -0.1) is 11.3 Å². The Hall–Kier alpha value is -3.92. The van der Waals surface area contributed by atoms with Crippen molar-refractivity contribution in [3.8, 4) is 6.07 Å². The van der Waals surface area contributed by atoms with Crippen LogP contribution in [0.3, 0.4) is 0 Å². The molecule has 0 bridgehead atoms. The number of nitrogens with one attached hydrogen (secondary N) is 1. The lowest BCUT2D eigenvalue weighted by Gasteiger charge is -2.45. The zero-order valence-electron chi connectivity index (χ0n) is 25.9. The summed E-state index contributed by atoms with van der Waals surface area (Å²) in [6, 6.07) is 10.3. The van der Waals surface area contributed by atoms with Gasteiger partial charge in [-0.25, -0.2) is 13.8 Å². The molecule has 5 rings (SSSR count). The van der Waals surface area contributed by atoms with Gasteiger partial charge in [0.15, 0.2) is 0 Å². The van der Waals surface area contributed by atoms with Gasteiger partial charge < -0.3 is 14.6 Å². The fourth-order valence-corrected chi connectivity index (χ4v) is 6.54. The van der Waals surface area contributed by atoms with E-state index in [9.17, 15) is 28.7 Å². The molecule has 45 heavy (non-hydrogen) atoms. The van der Waals surface area contributed by atoms with E-state index in [0.717, 1.165) is 47.5 Å². The SMILES string of the molecule is CC(C)=C/C=C(\C#N)C(=O)N1CCC[C@@H]1Cn1c(NC(=O)c2ccc(C(F)F)s2)nc2cc(CN3CC(C(C)(C)O)C3)ccc21. The smallest absolute Gasteiger partial charge is 0.272 e. The summed E-state index contributed by atoms with van der Waals surface area (Å²) in [5.74, 6) is -0.421. The highest BCUT2D eigenvalue weighted by Crippen LogP contribution is 2.31. The lowest BCUT2D eigenvalue weighted by Crippen LogP contribution is -2.55. The van der Waals surface area contributed by atoms with Crippen molar-refractivity contribution in [3.63, 3.8) is 0 Å². The second-order valence-electron chi connectivity index (χ2n) is 12.6. The number of carbonyl (C=O) groups excluding carboxylic acids is 2. The first-order chi connectivity index (χ1) is 21.3. The quantitative estimate of drug-likeness (QED) is 0.163. The number of amides is 2. The number of hydrogen-bond acceptors (Lipinski definition) is 7. The molecule has 0 spiro atoms. The lowest BCUT2D eigenvalue weighted by atomic mass is 9.84. The molecule has 2 aliphatic rings. The maximum absolute atomic E-state index is 13.4. The van der Waals surface area contributed by atoms with Gasteiger partial charge in [0, 0.05) is 38.6 Å². The molecule has 2 N–H and O–H groups in total. The number of thiophene rings is 1. The molecule has 12 heteroatoms. The van der Waals surface area contributed by atoms with E-state index in [1.165, 1.54) is 12.1 Å². The van der Waals surface area contributed by atoms with Crippen LogP contribution in [0.15, 0.2) is 53.6 Å². The van der Waals surface area contributed by atoms with Crippen molar-refractivity contribution in [2.45, 2.75) is 71.7 Å².